The van der Waals surface area contributed by atoms with Crippen molar-refractivity contribution in [3.05, 3.63) is 14.4 Å². The van der Waals surface area contributed by atoms with Crippen LogP contribution in [-0.4, -0.2) is 23.1 Å². The number of anilines is 1. The molecule has 1 aliphatic rings. The molecule has 3 nitrogen and oxygen atoms in total. The molecule has 0 unspecified atom stereocenters. The smallest absolute Gasteiger partial charge is 0.227 e. The number of hydrogen-bond acceptors (Lipinski definition) is 3. The summed E-state index contributed by atoms with van der Waals surface area (Å²) >= 11 is 8.40. The summed E-state index contributed by atoms with van der Waals surface area (Å²) in [6.07, 6.45) is 5.99. The number of nitrogens with zero attached hydrogens (tertiary/aromatic N) is 3. The minimum Gasteiger partial charge on any atom is -0.341 e. The van der Waals surface area contributed by atoms with E-state index in [1.807, 2.05) is 0 Å². The number of hydrogen-bond donors (Lipinski definition) is 0. The fraction of sp³-hybridized carbons (Fsp3) is 0.667. The van der Waals surface area contributed by atoms with Gasteiger partial charge in [0.15, 0.2) is 0 Å². The molecule has 0 atom stereocenters. The first-order valence-electron chi connectivity index (χ1n) is 6.19. The van der Waals surface area contributed by atoms with Gasteiger partial charge in [-0.1, -0.05) is 31.4 Å². The predicted molar refractivity (Wildman–Crippen MR) is 79.8 cm³/mol. The van der Waals surface area contributed by atoms with Crippen molar-refractivity contribution in [2.75, 3.05) is 18.0 Å². The van der Waals surface area contributed by atoms with Crippen LogP contribution >= 0.6 is 34.2 Å². The fourth-order valence-electron chi connectivity index (χ4n) is 2.10. The zero-order valence-corrected chi connectivity index (χ0v) is 13.0. The van der Waals surface area contributed by atoms with Crippen LogP contribution in [0.4, 0.5) is 5.95 Å². The van der Waals surface area contributed by atoms with Crippen molar-refractivity contribution in [1.82, 2.24) is 9.97 Å². The molecule has 94 valence electrons. The molecule has 17 heavy (non-hydrogen) atoms. The highest BCUT2D eigenvalue weighted by Gasteiger charge is 2.16. The van der Waals surface area contributed by atoms with Crippen LogP contribution in [0.2, 0.25) is 5.15 Å². The van der Waals surface area contributed by atoms with Crippen molar-refractivity contribution in [3.8, 4) is 0 Å². The second-order valence-electron chi connectivity index (χ2n) is 4.33. The monoisotopic (exact) mass is 365 g/mol. The number of halogens is 2. The van der Waals surface area contributed by atoms with Gasteiger partial charge in [0.25, 0.3) is 0 Å². The minimum absolute atomic E-state index is 0.594. The highest BCUT2D eigenvalue weighted by atomic mass is 127. The zero-order valence-electron chi connectivity index (χ0n) is 10.0. The molecule has 5 heteroatoms. The maximum atomic E-state index is 6.17. The molecule has 0 N–H and O–H groups in total. The van der Waals surface area contributed by atoms with E-state index in [1.165, 1.54) is 25.7 Å². The Morgan fingerprint density at radius 3 is 2.41 bits per heavy atom. The van der Waals surface area contributed by atoms with Gasteiger partial charge >= 0.3 is 0 Å². The molecule has 1 aromatic heterocycles. The van der Waals surface area contributed by atoms with E-state index in [1.54, 1.807) is 0 Å². The molecule has 0 spiro atoms. The van der Waals surface area contributed by atoms with E-state index in [2.05, 4.69) is 44.4 Å². The van der Waals surface area contributed by atoms with Gasteiger partial charge in [-0.25, -0.2) is 4.98 Å². The summed E-state index contributed by atoms with van der Waals surface area (Å²) in [5, 5.41) is 0.594. The third-order valence-electron chi connectivity index (χ3n) is 3.09. The Hall–Kier alpha value is -0.100. The van der Waals surface area contributed by atoms with E-state index < -0.39 is 0 Å². The van der Waals surface area contributed by atoms with Crippen molar-refractivity contribution in [1.29, 1.82) is 0 Å². The average Bonchev–Trinajstić information content (AvgIpc) is 2.61. The molecular weight excluding hydrogens is 349 g/mol. The number of rotatable bonds is 2. The fourth-order valence-corrected chi connectivity index (χ4v) is 2.90. The van der Waals surface area contributed by atoms with Crippen molar-refractivity contribution >= 4 is 40.1 Å². The van der Waals surface area contributed by atoms with Gasteiger partial charge < -0.3 is 4.90 Å². The molecule has 0 saturated carbocycles. The van der Waals surface area contributed by atoms with Gasteiger partial charge in [0, 0.05) is 13.1 Å². The van der Waals surface area contributed by atoms with Gasteiger partial charge in [0.05, 0.1) is 9.26 Å². The average molecular weight is 366 g/mol. The SMILES string of the molecule is CCc1nc(N2CCCCCC2)nc(Cl)c1I. The lowest BCUT2D eigenvalue weighted by molar-refractivity contribution is 0.726. The Morgan fingerprint density at radius 1 is 1.18 bits per heavy atom. The summed E-state index contributed by atoms with van der Waals surface area (Å²) < 4.78 is 0.991. The van der Waals surface area contributed by atoms with Crippen LogP contribution < -0.4 is 4.90 Å². The highest BCUT2D eigenvalue weighted by Crippen LogP contribution is 2.24. The molecule has 2 heterocycles. The second-order valence-corrected chi connectivity index (χ2v) is 5.77. The van der Waals surface area contributed by atoms with Gasteiger partial charge in [0.2, 0.25) is 5.95 Å². The normalized spacial score (nSPS) is 17.0. The lowest BCUT2D eigenvalue weighted by Crippen LogP contribution is -2.26. The zero-order chi connectivity index (χ0) is 12.3. The summed E-state index contributed by atoms with van der Waals surface area (Å²) in [6.45, 7) is 4.22. The predicted octanol–water partition coefficient (Wildman–Crippen LogP) is 3.68. The quantitative estimate of drug-likeness (QED) is 0.591. The maximum absolute atomic E-state index is 6.17. The molecule has 0 radical (unpaired) electrons. The summed E-state index contributed by atoms with van der Waals surface area (Å²) in [4.78, 5) is 11.3. The van der Waals surface area contributed by atoms with E-state index in [0.29, 0.717) is 5.15 Å². The molecule has 1 aromatic rings. The van der Waals surface area contributed by atoms with E-state index in [0.717, 1.165) is 34.7 Å². The second kappa shape index (κ2) is 6.18. The van der Waals surface area contributed by atoms with E-state index in [-0.39, 0.29) is 0 Å². The Bertz CT molecular complexity index is 390. The summed E-state index contributed by atoms with van der Waals surface area (Å²) in [6, 6.07) is 0. The molecule has 1 fully saturated rings. The maximum Gasteiger partial charge on any atom is 0.227 e. The van der Waals surface area contributed by atoms with Crippen molar-refractivity contribution < 1.29 is 0 Å². The molecular formula is C12H17ClIN3. The third-order valence-corrected chi connectivity index (χ3v) is 4.82. The molecule has 0 amide bonds. The Morgan fingerprint density at radius 2 is 1.82 bits per heavy atom. The first-order chi connectivity index (χ1) is 8.22. The Labute approximate surface area is 121 Å². The lowest BCUT2D eigenvalue weighted by atomic mass is 10.2. The van der Waals surface area contributed by atoms with E-state index in [4.69, 9.17) is 11.6 Å². The van der Waals surface area contributed by atoms with Crippen molar-refractivity contribution in [2.24, 2.45) is 0 Å². The highest BCUT2D eigenvalue weighted by molar-refractivity contribution is 14.1. The number of aromatic nitrogens is 2. The largest absolute Gasteiger partial charge is 0.341 e. The van der Waals surface area contributed by atoms with Crippen molar-refractivity contribution in [3.63, 3.8) is 0 Å². The Kier molecular flexibility index (Phi) is 4.85. The number of aryl methyl sites for hydroxylation is 1. The standard InChI is InChI=1S/C12H17ClIN3/c1-2-9-10(14)11(13)16-12(15-9)17-7-5-3-4-6-8-17/h2-8H2,1H3. The molecule has 2 rings (SSSR count). The van der Waals surface area contributed by atoms with Gasteiger partial charge in [-0.05, 0) is 41.9 Å². The van der Waals surface area contributed by atoms with Crippen LogP contribution in [0.15, 0.2) is 0 Å². The summed E-state index contributed by atoms with van der Waals surface area (Å²) in [5.74, 6) is 0.814. The van der Waals surface area contributed by atoms with Crippen LogP contribution in [0, 0.1) is 3.57 Å². The molecule has 1 saturated heterocycles. The molecule has 0 aliphatic carbocycles. The minimum atomic E-state index is 0.594. The van der Waals surface area contributed by atoms with Gasteiger partial charge in [-0.15, -0.1) is 0 Å². The van der Waals surface area contributed by atoms with Crippen LogP contribution in [0.5, 0.6) is 0 Å². The molecule has 0 aromatic carbocycles. The van der Waals surface area contributed by atoms with Crippen LogP contribution in [-0.2, 0) is 6.42 Å². The topological polar surface area (TPSA) is 29.0 Å². The summed E-state index contributed by atoms with van der Waals surface area (Å²) in [5.41, 5.74) is 1.06. The van der Waals surface area contributed by atoms with E-state index in [9.17, 15) is 0 Å². The third kappa shape index (κ3) is 3.22. The van der Waals surface area contributed by atoms with Gasteiger partial charge in [-0.3, -0.25) is 0 Å². The van der Waals surface area contributed by atoms with Gasteiger partial charge in [0.1, 0.15) is 5.15 Å². The Balaban J connectivity index is 2.27. The first kappa shape index (κ1) is 13.3. The lowest BCUT2D eigenvalue weighted by Gasteiger charge is -2.21. The molecule has 1 aliphatic heterocycles. The van der Waals surface area contributed by atoms with Crippen LogP contribution in [0.25, 0.3) is 0 Å². The summed E-state index contributed by atoms with van der Waals surface area (Å²) in [7, 11) is 0. The van der Waals surface area contributed by atoms with Crippen LogP contribution in [0.3, 0.4) is 0 Å². The van der Waals surface area contributed by atoms with Crippen LogP contribution in [0.1, 0.15) is 38.3 Å². The van der Waals surface area contributed by atoms with Gasteiger partial charge in [-0.2, -0.15) is 4.98 Å². The van der Waals surface area contributed by atoms with E-state index >= 15 is 0 Å². The molecule has 0 bridgehead atoms. The van der Waals surface area contributed by atoms with Crippen molar-refractivity contribution in [2.45, 2.75) is 39.0 Å². The first-order valence-corrected chi connectivity index (χ1v) is 7.65.